The zero-order valence-electron chi connectivity index (χ0n) is 10.2. The van der Waals surface area contributed by atoms with Crippen LogP contribution in [0.2, 0.25) is 0 Å². The maximum atomic E-state index is 11.6. The van der Waals surface area contributed by atoms with Gasteiger partial charge < -0.3 is 14.4 Å². The van der Waals surface area contributed by atoms with Crippen molar-refractivity contribution in [1.29, 1.82) is 0 Å². The van der Waals surface area contributed by atoms with Gasteiger partial charge in [-0.15, -0.1) is 0 Å². The van der Waals surface area contributed by atoms with Crippen LogP contribution in [0.15, 0.2) is 27.4 Å². The molecule has 2 aromatic rings. The number of carbonyl (C=O) groups is 1. The van der Waals surface area contributed by atoms with Crippen molar-refractivity contribution in [1.82, 2.24) is 4.57 Å². The van der Waals surface area contributed by atoms with Crippen molar-refractivity contribution in [3.05, 3.63) is 28.7 Å². The summed E-state index contributed by atoms with van der Waals surface area (Å²) in [7, 11) is 3.23. The number of nitrogens with zero attached hydrogens (tertiary/aromatic N) is 2. The first-order chi connectivity index (χ1) is 8.54. The summed E-state index contributed by atoms with van der Waals surface area (Å²) in [5.74, 6) is -0.637. The summed E-state index contributed by atoms with van der Waals surface area (Å²) in [6, 6.07) is 5.08. The number of benzene rings is 1. The van der Waals surface area contributed by atoms with Gasteiger partial charge in [0.2, 0.25) is 5.91 Å². The van der Waals surface area contributed by atoms with Crippen LogP contribution in [0.3, 0.4) is 0 Å². The van der Waals surface area contributed by atoms with Gasteiger partial charge in [-0.1, -0.05) is 0 Å². The predicted octanol–water partition coefficient (Wildman–Crippen LogP) is 0.477. The summed E-state index contributed by atoms with van der Waals surface area (Å²) in [4.78, 5) is 24.4. The summed E-state index contributed by atoms with van der Waals surface area (Å²) in [5, 5.41) is 8.73. The molecule has 6 nitrogen and oxygen atoms in total. The van der Waals surface area contributed by atoms with Gasteiger partial charge >= 0.3 is 5.76 Å². The molecular formula is C12H14N2O4. The van der Waals surface area contributed by atoms with E-state index < -0.39 is 5.76 Å². The SMILES string of the molecule is CN(C(=O)CCO)c1ccc2c(c1)oc(=O)n2C. The van der Waals surface area contributed by atoms with Crippen LogP contribution >= 0.6 is 0 Å². The normalized spacial score (nSPS) is 10.8. The Morgan fingerprint density at radius 3 is 2.89 bits per heavy atom. The van der Waals surface area contributed by atoms with Crippen LogP contribution in [0.4, 0.5) is 5.69 Å². The minimum absolute atomic E-state index is 0.0628. The van der Waals surface area contributed by atoms with Crippen molar-refractivity contribution in [3.63, 3.8) is 0 Å². The van der Waals surface area contributed by atoms with E-state index in [0.717, 1.165) is 0 Å². The second-order valence-corrected chi connectivity index (χ2v) is 4.01. The second kappa shape index (κ2) is 4.66. The lowest BCUT2D eigenvalue weighted by molar-refractivity contribution is -0.118. The fraction of sp³-hybridized carbons (Fsp3) is 0.333. The number of carbonyl (C=O) groups excluding carboxylic acids is 1. The fourth-order valence-electron chi connectivity index (χ4n) is 1.74. The number of fused-ring (bicyclic) bond motifs is 1. The topological polar surface area (TPSA) is 75.7 Å². The molecule has 6 heteroatoms. The van der Waals surface area contributed by atoms with Crippen molar-refractivity contribution >= 4 is 22.7 Å². The third-order valence-electron chi connectivity index (χ3n) is 2.86. The summed E-state index contributed by atoms with van der Waals surface area (Å²) < 4.78 is 6.45. The number of oxazole rings is 1. The molecule has 0 radical (unpaired) electrons. The highest BCUT2D eigenvalue weighted by molar-refractivity contribution is 5.94. The van der Waals surface area contributed by atoms with E-state index in [1.807, 2.05) is 0 Å². The lowest BCUT2D eigenvalue weighted by Crippen LogP contribution is -2.26. The molecule has 0 atom stereocenters. The maximum Gasteiger partial charge on any atom is 0.419 e. The Morgan fingerprint density at radius 1 is 1.50 bits per heavy atom. The van der Waals surface area contributed by atoms with Gasteiger partial charge in [-0.3, -0.25) is 9.36 Å². The quantitative estimate of drug-likeness (QED) is 0.859. The summed E-state index contributed by atoms with van der Waals surface area (Å²) in [5.41, 5.74) is 1.73. The van der Waals surface area contributed by atoms with E-state index in [4.69, 9.17) is 9.52 Å². The molecule has 1 amide bonds. The average Bonchev–Trinajstić information content (AvgIpc) is 2.64. The summed E-state index contributed by atoms with van der Waals surface area (Å²) >= 11 is 0. The second-order valence-electron chi connectivity index (χ2n) is 4.01. The molecule has 0 fully saturated rings. The van der Waals surface area contributed by atoms with Crippen molar-refractivity contribution < 1.29 is 14.3 Å². The Balaban J connectivity index is 2.41. The molecule has 0 bridgehead atoms. The van der Waals surface area contributed by atoms with E-state index in [-0.39, 0.29) is 18.9 Å². The Labute approximate surface area is 103 Å². The van der Waals surface area contributed by atoms with Gasteiger partial charge in [0, 0.05) is 25.8 Å². The molecule has 0 aliphatic carbocycles. The Bertz CT molecular complexity index is 641. The first kappa shape index (κ1) is 12.4. The number of hydrogen-bond acceptors (Lipinski definition) is 4. The molecule has 1 N–H and O–H groups in total. The molecule has 0 aliphatic rings. The van der Waals surface area contributed by atoms with Crippen LogP contribution in [0, 0.1) is 0 Å². The number of aliphatic hydroxyl groups is 1. The Hall–Kier alpha value is -2.08. The number of anilines is 1. The van der Waals surface area contributed by atoms with E-state index in [0.29, 0.717) is 16.8 Å². The molecule has 2 rings (SSSR count). The molecule has 1 aromatic carbocycles. The van der Waals surface area contributed by atoms with E-state index >= 15 is 0 Å². The molecule has 1 heterocycles. The summed E-state index contributed by atoms with van der Waals surface area (Å²) in [6.07, 6.45) is 0.0628. The lowest BCUT2D eigenvalue weighted by atomic mass is 10.2. The highest BCUT2D eigenvalue weighted by Crippen LogP contribution is 2.20. The first-order valence-electron chi connectivity index (χ1n) is 5.51. The molecule has 0 saturated heterocycles. The predicted molar refractivity (Wildman–Crippen MR) is 66.6 cm³/mol. The molecule has 0 saturated carbocycles. The molecule has 18 heavy (non-hydrogen) atoms. The van der Waals surface area contributed by atoms with Crippen LogP contribution < -0.4 is 10.7 Å². The van der Waals surface area contributed by atoms with Gasteiger partial charge in [-0.05, 0) is 12.1 Å². The number of rotatable bonds is 3. The monoisotopic (exact) mass is 250 g/mol. The van der Waals surface area contributed by atoms with Gasteiger partial charge in [0.15, 0.2) is 5.58 Å². The van der Waals surface area contributed by atoms with E-state index in [9.17, 15) is 9.59 Å². The third kappa shape index (κ3) is 2.02. The maximum absolute atomic E-state index is 11.6. The zero-order chi connectivity index (χ0) is 13.3. The Kier molecular flexibility index (Phi) is 3.20. The third-order valence-corrected chi connectivity index (χ3v) is 2.86. The molecular weight excluding hydrogens is 236 g/mol. The largest absolute Gasteiger partial charge is 0.419 e. The van der Waals surface area contributed by atoms with E-state index in [2.05, 4.69) is 0 Å². The molecule has 96 valence electrons. The van der Waals surface area contributed by atoms with Gasteiger partial charge in [-0.2, -0.15) is 0 Å². The van der Waals surface area contributed by atoms with Crippen LogP contribution in [0.25, 0.3) is 11.1 Å². The van der Waals surface area contributed by atoms with Gasteiger partial charge in [0.1, 0.15) is 0 Å². The molecule has 1 aromatic heterocycles. The first-order valence-corrected chi connectivity index (χ1v) is 5.51. The molecule has 0 aliphatic heterocycles. The smallest absolute Gasteiger partial charge is 0.408 e. The number of aryl methyl sites for hydroxylation is 1. The highest BCUT2D eigenvalue weighted by Gasteiger charge is 2.13. The Morgan fingerprint density at radius 2 is 2.22 bits per heavy atom. The number of aromatic nitrogens is 1. The minimum Gasteiger partial charge on any atom is -0.408 e. The van der Waals surface area contributed by atoms with Crippen molar-refractivity contribution in [3.8, 4) is 0 Å². The van der Waals surface area contributed by atoms with E-state index in [1.54, 1.807) is 32.3 Å². The van der Waals surface area contributed by atoms with Crippen molar-refractivity contribution in [2.75, 3.05) is 18.6 Å². The summed E-state index contributed by atoms with van der Waals surface area (Å²) in [6.45, 7) is -0.189. The number of hydrogen-bond donors (Lipinski definition) is 1. The average molecular weight is 250 g/mol. The number of amides is 1. The van der Waals surface area contributed by atoms with Crippen molar-refractivity contribution in [2.24, 2.45) is 7.05 Å². The van der Waals surface area contributed by atoms with Gasteiger partial charge in [0.25, 0.3) is 0 Å². The molecule has 0 unspecified atom stereocenters. The van der Waals surface area contributed by atoms with Crippen LogP contribution in [0.1, 0.15) is 6.42 Å². The lowest BCUT2D eigenvalue weighted by Gasteiger charge is -2.16. The highest BCUT2D eigenvalue weighted by atomic mass is 16.4. The zero-order valence-corrected chi connectivity index (χ0v) is 10.2. The van der Waals surface area contributed by atoms with Crippen molar-refractivity contribution in [2.45, 2.75) is 6.42 Å². The van der Waals surface area contributed by atoms with Gasteiger partial charge in [0.05, 0.1) is 18.5 Å². The fourth-order valence-corrected chi connectivity index (χ4v) is 1.74. The molecule has 0 spiro atoms. The van der Waals surface area contributed by atoms with Crippen LogP contribution in [-0.4, -0.2) is 29.2 Å². The standard InChI is InChI=1S/C12H14N2O4/c1-13(11(16)5-6-15)8-3-4-9-10(7-8)18-12(17)14(9)2/h3-4,7,15H,5-6H2,1-2H3. The van der Waals surface area contributed by atoms with Crippen LogP contribution in [0.5, 0.6) is 0 Å². The van der Waals surface area contributed by atoms with Gasteiger partial charge in [-0.25, -0.2) is 4.79 Å². The number of aliphatic hydroxyl groups excluding tert-OH is 1. The van der Waals surface area contributed by atoms with Crippen LogP contribution in [-0.2, 0) is 11.8 Å². The van der Waals surface area contributed by atoms with E-state index in [1.165, 1.54) is 9.47 Å². The minimum atomic E-state index is -0.438.